The summed E-state index contributed by atoms with van der Waals surface area (Å²) >= 11 is 0. The highest BCUT2D eigenvalue weighted by atomic mass is 16.2. The molecule has 1 fully saturated rings. The van der Waals surface area contributed by atoms with Crippen molar-refractivity contribution in [2.24, 2.45) is 0 Å². The molecule has 1 aromatic rings. The monoisotopic (exact) mass is 260 g/mol. The quantitative estimate of drug-likeness (QED) is 0.842. The maximum absolute atomic E-state index is 12.6. The zero-order valence-corrected chi connectivity index (χ0v) is 12.6. The number of hydrogen-bond acceptors (Lipinski definition) is 2. The molecule has 1 aromatic carbocycles. The van der Waals surface area contributed by atoms with Crippen LogP contribution in [0.2, 0.25) is 0 Å². The Hall–Kier alpha value is -1.35. The van der Waals surface area contributed by atoms with Crippen LogP contribution in [0.15, 0.2) is 18.2 Å². The number of nitrogens with one attached hydrogen (secondary N) is 1. The Bertz CT molecular complexity index is 494. The van der Waals surface area contributed by atoms with E-state index in [-0.39, 0.29) is 17.5 Å². The first-order valence-electron chi connectivity index (χ1n) is 6.97. The summed E-state index contributed by atoms with van der Waals surface area (Å²) < 4.78 is 0. The van der Waals surface area contributed by atoms with E-state index in [1.54, 1.807) is 0 Å². The molecule has 0 spiro atoms. The van der Waals surface area contributed by atoms with Crippen molar-refractivity contribution in [2.75, 3.05) is 11.4 Å². The van der Waals surface area contributed by atoms with Gasteiger partial charge < -0.3 is 10.2 Å². The number of nitrogens with zero attached hydrogens (tertiary/aromatic N) is 1. The molecule has 1 aliphatic heterocycles. The summed E-state index contributed by atoms with van der Waals surface area (Å²) in [4.78, 5) is 14.6. The predicted molar refractivity (Wildman–Crippen MR) is 79.6 cm³/mol. The standard InChI is InChI=1S/C16H24N2O/c1-11-6-7-14(10-12(11)2)18-15(19)13(3)17-9-8-16(18,4)5/h6-7,10,13,17H,8-9H2,1-5H3. The molecule has 0 aromatic heterocycles. The first-order valence-corrected chi connectivity index (χ1v) is 6.97. The first-order chi connectivity index (χ1) is 8.83. The van der Waals surface area contributed by atoms with E-state index >= 15 is 0 Å². The van der Waals surface area contributed by atoms with Crippen LogP contribution in [0.3, 0.4) is 0 Å². The zero-order valence-electron chi connectivity index (χ0n) is 12.6. The molecule has 1 saturated heterocycles. The second-order valence-corrected chi connectivity index (χ2v) is 6.18. The lowest BCUT2D eigenvalue weighted by atomic mass is 9.96. The predicted octanol–water partition coefficient (Wildman–Crippen LogP) is 2.80. The van der Waals surface area contributed by atoms with Crippen molar-refractivity contribution in [1.82, 2.24) is 5.32 Å². The Morgan fingerprint density at radius 2 is 1.95 bits per heavy atom. The van der Waals surface area contributed by atoms with Crippen LogP contribution in [0, 0.1) is 13.8 Å². The van der Waals surface area contributed by atoms with E-state index in [1.165, 1.54) is 11.1 Å². The van der Waals surface area contributed by atoms with Gasteiger partial charge in [-0.3, -0.25) is 4.79 Å². The van der Waals surface area contributed by atoms with E-state index in [2.05, 4.69) is 51.2 Å². The van der Waals surface area contributed by atoms with Crippen molar-refractivity contribution in [2.45, 2.75) is 52.6 Å². The fourth-order valence-corrected chi connectivity index (χ4v) is 2.63. The molecular formula is C16H24N2O. The minimum atomic E-state index is -0.156. The molecular weight excluding hydrogens is 236 g/mol. The van der Waals surface area contributed by atoms with Gasteiger partial charge in [0.1, 0.15) is 0 Å². The van der Waals surface area contributed by atoms with Crippen LogP contribution in [-0.2, 0) is 4.79 Å². The molecule has 1 N–H and O–H groups in total. The van der Waals surface area contributed by atoms with Gasteiger partial charge in [0.15, 0.2) is 0 Å². The Labute approximate surface area is 116 Å². The number of aryl methyl sites for hydroxylation is 2. The van der Waals surface area contributed by atoms with Crippen LogP contribution in [0.1, 0.15) is 38.3 Å². The van der Waals surface area contributed by atoms with Gasteiger partial charge in [0, 0.05) is 11.2 Å². The van der Waals surface area contributed by atoms with Crippen LogP contribution < -0.4 is 10.2 Å². The Morgan fingerprint density at radius 3 is 2.58 bits per heavy atom. The third-order valence-electron chi connectivity index (χ3n) is 4.13. The lowest BCUT2D eigenvalue weighted by Gasteiger charge is -2.38. The van der Waals surface area contributed by atoms with E-state index in [1.807, 2.05) is 11.8 Å². The van der Waals surface area contributed by atoms with Crippen molar-refractivity contribution >= 4 is 11.6 Å². The van der Waals surface area contributed by atoms with Gasteiger partial charge in [0.2, 0.25) is 5.91 Å². The van der Waals surface area contributed by atoms with Crippen LogP contribution >= 0.6 is 0 Å². The molecule has 2 rings (SSSR count). The van der Waals surface area contributed by atoms with E-state index in [4.69, 9.17) is 0 Å². The SMILES string of the molecule is Cc1ccc(N2C(=O)C(C)NCCC2(C)C)cc1C. The fourth-order valence-electron chi connectivity index (χ4n) is 2.63. The Morgan fingerprint density at radius 1 is 1.26 bits per heavy atom. The van der Waals surface area contributed by atoms with Gasteiger partial charge in [-0.2, -0.15) is 0 Å². The third-order valence-corrected chi connectivity index (χ3v) is 4.13. The van der Waals surface area contributed by atoms with Crippen LogP contribution in [0.25, 0.3) is 0 Å². The molecule has 1 aliphatic rings. The lowest BCUT2D eigenvalue weighted by Crippen LogP contribution is -2.50. The number of anilines is 1. The molecule has 19 heavy (non-hydrogen) atoms. The maximum atomic E-state index is 12.6. The number of amides is 1. The molecule has 104 valence electrons. The maximum Gasteiger partial charge on any atom is 0.244 e. The highest BCUT2D eigenvalue weighted by molar-refractivity contribution is 5.98. The van der Waals surface area contributed by atoms with Crippen molar-refractivity contribution in [1.29, 1.82) is 0 Å². The molecule has 1 atom stereocenters. The van der Waals surface area contributed by atoms with Gasteiger partial charge in [0.05, 0.1) is 6.04 Å². The van der Waals surface area contributed by atoms with E-state index < -0.39 is 0 Å². The number of carbonyl (C=O) groups excluding carboxylic acids is 1. The highest BCUT2D eigenvalue weighted by Gasteiger charge is 2.36. The van der Waals surface area contributed by atoms with E-state index in [0.717, 1.165) is 18.7 Å². The van der Waals surface area contributed by atoms with Crippen LogP contribution in [0.5, 0.6) is 0 Å². The summed E-state index contributed by atoms with van der Waals surface area (Å²) in [5, 5.41) is 3.28. The topological polar surface area (TPSA) is 32.3 Å². The van der Waals surface area contributed by atoms with Crippen LogP contribution in [0.4, 0.5) is 5.69 Å². The van der Waals surface area contributed by atoms with Gasteiger partial charge in [0.25, 0.3) is 0 Å². The van der Waals surface area contributed by atoms with E-state index in [0.29, 0.717) is 0 Å². The minimum absolute atomic E-state index is 0.122. The van der Waals surface area contributed by atoms with Gasteiger partial charge in [-0.05, 0) is 70.8 Å². The number of carbonyl (C=O) groups is 1. The lowest BCUT2D eigenvalue weighted by molar-refractivity contribution is -0.120. The summed E-state index contributed by atoms with van der Waals surface area (Å²) in [6.07, 6.45) is 0.954. The van der Waals surface area contributed by atoms with Crippen molar-refractivity contribution in [3.63, 3.8) is 0 Å². The average Bonchev–Trinajstić information content (AvgIpc) is 2.41. The normalized spacial score (nSPS) is 23.3. The second-order valence-electron chi connectivity index (χ2n) is 6.18. The summed E-state index contributed by atoms with van der Waals surface area (Å²) in [5.41, 5.74) is 3.34. The molecule has 3 nitrogen and oxygen atoms in total. The van der Waals surface area contributed by atoms with Gasteiger partial charge >= 0.3 is 0 Å². The molecule has 1 heterocycles. The largest absolute Gasteiger partial charge is 0.306 e. The Kier molecular flexibility index (Phi) is 3.68. The van der Waals surface area contributed by atoms with Gasteiger partial charge in [-0.15, -0.1) is 0 Å². The first kappa shape index (κ1) is 14.1. The summed E-state index contributed by atoms with van der Waals surface area (Å²) in [6.45, 7) is 11.3. The summed E-state index contributed by atoms with van der Waals surface area (Å²) in [6, 6.07) is 6.15. The number of rotatable bonds is 1. The second kappa shape index (κ2) is 4.97. The highest BCUT2D eigenvalue weighted by Crippen LogP contribution is 2.30. The van der Waals surface area contributed by atoms with Gasteiger partial charge in [-0.1, -0.05) is 6.07 Å². The van der Waals surface area contributed by atoms with E-state index in [9.17, 15) is 4.79 Å². The minimum Gasteiger partial charge on any atom is -0.306 e. The van der Waals surface area contributed by atoms with Gasteiger partial charge in [-0.25, -0.2) is 0 Å². The molecule has 3 heteroatoms. The molecule has 0 aliphatic carbocycles. The molecule has 0 saturated carbocycles. The molecule has 1 unspecified atom stereocenters. The Balaban J connectivity index is 2.47. The fraction of sp³-hybridized carbons (Fsp3) is 0.562. The summed E-state index contributed by atoms with van der Waals surface area (Å²) in [7, 11) is 0. The number of benzene rings is 1. The number of hydrogen-bond donors (Lipinski definition) is 1. The van der Waals surface area contributed by atoms with Crippen molar-refractivity contribution < 1.29 is 4.79 Å². The van der Waals surface area contributed by atoms with Crippen LogP contribution in [-0.4, -0.2) is 24.0 Å². The third kappa shape index (κ3) is 2.66. The molecule has 0 radical (unpaired) electrons. The smallest absolute Gasteiger partial charge is 0.244 e. The zero-order chi connectivity index (χ0) is 14.2. The molecule has 1 amide bonds. The van der Waals surface area contributed by atoms with Crippen molar-refractivity contribution in [3.8, 4) is 0 Å². The molecule has 0 bridgehead atoms. The average molecular weight is 260 g/mol. The summed E-state index contributed by atoms with van der Waals surface area (Å²) in [5.74, 6) is 0.158. The van der Waals surface area contributed by atoms with Crippen molar-refractivity contribution in [3.05, 3.63) is 29.3 Å².